The first kappa shape index (κ1) is 15.2. The minimum Gasteiger partial charge on any atom is -0.309 e. The molecule has 1 atom stereocenters. The standard InChI is InChI=1S/C15H21BrN4/c1-3-8-17-14(15-7-5-13(16)10-18-15)6-4-12-9-19-20(2)11-12/h5,7,9-11,14,17H,3-4,6,8H2,1-2H3. The van der Waals surface area contributed by atoms with Gasteiger partial charge in [0.1, 0.15) is 0 Å². The van der Waals surface area contributed by atoms with Crippen LogP contribution in [0.2, 0.25) is 0 Å². The van der Waals surface area contributed by atoms with Crippen LogP contribution in [0.3, 0.4) is 0 Å². The van der Waals surface area contributed by atoms with Gasteiger partial charge in [-0.25, -0.2) is 0 Å². The lowest BCUT2D eigenvalue weighted by Crippen LogP contribution is -2.23. The molecule has 5 heteroatoms. The number of rotatable bonds is 7. The molecule has 0 amide bonds. The van der Waals surface area contributed by atoms with E-state index in [4.69, 9.17) is 0 Å². The number of halogens is 1. The largest absolute Gasteiger partial charge is 0.309 e. The predicted octanol–water partition coefficient (Wildman–Crippen LogP) is 3.25. The third-order valence-electron chi connectivity index (χ3n) is 3.23. The molecule has 0 fully saturated rings. The van der Waals surface area contributed by atoms with Crippen molar-refractivity contribution in [3.63, 3.8) is 0 Å². The summed E-state index contributed by atoms with van der Waals surface area (Å²) in [5.41, 5.74) is 2.37. The van der Waals surface area contributed by atoms with Gasteiger partial charge < -0.3 is 5.32 Å². The molecule has 1 unspecified atom stereocenters. The van der Waals surface area contributed by atoms with Crippen LogP contribution < -0.4 is 5.32 Å². The highest BCUT2D eigenvalue weighted by Crippen LogP contribution is 2.19. The second-order valence-corrected chi connectivity index (χ2v) is 5.88. The van der Waals surface area contributed by atoms with Gasteiger partial charge in [-0.2, -0.15) is 5.10 Å². The van der Waals surface area contributed by atoms with Gasteiger partial charge >= 0.3 is 0 Å². The van der Waals surface area contributed by atoms with Crippen molar-refractivity contribution < 1.29 is 0 Å². The first-order chi connectivity index (χ1) is 9.69. The molecular weight excluding hydrogens is 316 g/mol. The summed E-state index contributed by atoms with van der Waals surface area (Å²) >= 11 is 3.43. The van der Waals surface area contributed by atoms with Crippen molar-refractivity contribution in [1.82, 2.24) is 20.1 Å². The van der Waals surface area contributed by atoms with Crippen LogP contribution in [0.4, 0.5) is 0 Å². The summed E-state index contributed by atoms with van der Waals surface area (Å²) in [4.78, 5) is 4.52. The number of aryl methyl sites for hydroxylation is 2. The summed E-state index contributed by atoms with van der Waals surface area (Å²) in [6.45, 7) is 3.19. The van der Waals surface area contributed by atoms with E-state index in [1.54, 1.807) is 0 Å². The van der Waals surface area contributed by atoms with Crippen molar-refractivity contribution in [2.45, 2.75) is 32.2 Å². The van der Waals surface area contributed by atoms with Crippen molar-refractivity contribution in [3.8, 4) is 0 Å². The minimum absolute atomic E-state index is 0.295. The van der Waals surface area contributed by atoms with E-state index < -0.39 is 0 Å². The van der Waals surface area contributed by atoms with Crippen LogP contribution in [-0.2, 0) is 13.5 Å². The zero-order chi connectivity index (χ0) is 14.4. The highest BCUT2D eigenvalue weighted by atomic mass is 79.9. The second kappa shape index (κ2) is 7.55. The van der Waals surface area contributed by atoms with Gasteiger partial charge in [0, 0.05) is 30.0 Å². The summed E-state index contributed by atoms with van der Waals surface area (Å²) < 4.78 is 2.87. The van der Waals surface area contributed by atoms with Gasteiger partial charge in [-0.3, -0.25) is 9.67 Å². The molecular formula is C15H21BrN4. The van der Waals surface area contributed by atoms with Crippen molar-refractivity contribution in [3.05, 3.63) is 46.5 Å². The quantitative estimate of drug-likeness (QED) is 0.843. The average Bonchev–Trinajstić information content (AvgIpc) is 2.86. The number of pyridine rings is 1. The highest BCUT2D eigenvalue weighted by Gasteiger charge is 2.12. The molecule has 0 aliphatic heterocycles. The third kappa shape index (κ3) is 4.42. The number of nitrogens with zero attached hydrogens (tertiary/aromatic N) is 3. The van der Waals surface area contributed by atoms with Gasteiger partial charge in [-0.1, -0.05) is 6.92 Å². The van der Waals surface area contributed by atoms with Gasteiger partial charge in [-0.05, 0) is 59.4 Å². The molecule has 4 nitrogen and oxygen atoms in total. The number of aromatic nitrogens is 3. The maximum absolute atomic E-state index is 4.52. The van der Waals surface area contributed by atoms with Crippen LogP contribution in [0.1, 0.15) is 37.1 Å². The maximum atomic E-state index is 4.52. The fourth-order valence-electron chi connectivity index (χ4n) is 2.18. The van der Waals surface area contributed by atoms with Crippen LogP contribution in [0.25, 0.3) is 0 Å². The maximum Gasteiger partial charge on any atom is 0.0574 e. The van der Waals surface area contributed by atoms with E-state index >= 15 is 0 Å². The summed E-state index contributed by atoms with van der Waals surface area (Å²) in [6.07, 6.45) is 9.03. The molecule has 0 aliphatic rings. The summed E-state index contributed by atoms with van der Waals surface area (Å²) in [5.74, 6) is 0. The Hall–Kier alpha value is -1.20. The van der Waals surface area contributed by atoms with Crippen molar-refractivity contribution in [2.75, 3.05) is 6.54 Å². The Labute approximate surface area is 128 Å². The van der Waals surface area contributed by atoms with Gasteiger partial charge in [-0.15, -0.1) is 0 Å². The summed E-state index contributed by atoms with van der Waals surface area (Å²) in [5, 5.41) is 7.79. The lowest BCUT2D eigenvalue weighted by Gasteiger charge is -2.17. The first-order valence-electron chi connectivity index (χ1n) is 7.01. The fourth-order valence-corrected chi connectivity index (χ4v) is 2.41. The number of hydrogen-bond acceptors (Lipinski definition) is 3. The fraction of sp³-hybridized carbons (Fsp3) is 0.467. The molecule has 108 valence electrons. The molecule has 1 N–H and O–H groups in total. The number of hydrogen-bond donors (Lipinski definition) is 1. The third-order valence-corrected chi connectivity index (χ3v) is 3.70. The zero-order valence-corrected chi connectivity index (χ0v) is 13.6. The topological polar surface area (TPSA) is 42.7 Å². The molecule has 2 aromatic heterocycles. The lowest BCUT2D eigenvalue weighted by molar-refractivity contribution is 0.489. The van der Waals surface area contributed by atoms with Gasteiger partial charge in [0.05, 0.1) is 11.9 Å². The Kier molecular flexibility index (Phi) is 5.73. The van der Waals surface area contributed by atoms with Crippen LogP contribution in [0.5, 0.6) is 0 Å². The first-order valence-corrected chi connectivity index (χ1v) is 7.80. The van der Waals surface area contributed by atoms with E-state index in [0.717, 1.165) is 36.0 Å². The van der Waals surface area contributed by atoms with E-state index in [1.165, 1.54) is 5.56 Å². The normalized spacial score (nSPS) is 12.6. The van der Waals surface area contributed by atoms with E-state index in [9.17, 15) is 0 Å². The zero-order valence-electron chi connectivity index (χ0n) is 12.0. The summed E-state index contributed by atoms with van der Waals surface area (Å²) in [7, 11) is 1.95. The molecule has 20 heavy (non-hydrogen) atoms. The lowest BCUT2D eigenvalue weighted by atomic mass is 10.0. The van der Waals surface area contributed by atoms with E-state index in [1.807, 2.05) is 30.2 Å². The Morgan fingerprint density at radius 2 is 2.20 bits per heavy atom. The van der Waals surface area contributed by atoms with E-state index in [2.05, 4.69) is 50.5 Å². The van der Waals surface area contributed by atoms with Gasteiger partial charge in [0.25, 0.3) is 0 Å². The molecule has 2 rings (SSSR count). The predicted molar refractivity (Wildman–Crippen MR) is 84.5 cm³/mol. The van der Waals surface area contributed by atoms with Gasteiger partial charge in [0.15, 0.2) is 0 Å². The second-order valence-electron chi connectivity index (χ2n) is 4.97. The minimum atomic E-state index is 0.295. The van der Waals surface area contributed by atoms with Crippen LogP contribution in [-0.4, -0.2) is 21.3 Å². The van der Waals surface area contributed by atoms with Crippen LogP contribution in [0, 0.1) is 0 Å². The highest BCUT2D eigenvalue weighted by molar-refractivity contribution is 9.10. The van der Waals surface area contributed by atoms with Crippen molar-refractivity contribution in [1.29, 1.82) is 0 Å². The molecule has 0 saturated heterocycles. The Balaban J connectivity index is 2.01. The molecule has 0 radical (unpaired) electrons. The number of nitrogens with one attached hydrogen (secondary N) is 1. The molecule has 0 spiro atoms. The van der Waals surface area contributed by atoms with Crippen molar-refractivity contribution in [2.24, 2.45) is 7.05 Å². The smallest absolute Gasteiger partial charge is 0.0574 e. The molecule has 0 aliphatic carbocycles. The van der Waals surface area contributed by atoms with Gasteiger partial charge in [0.2, 0.25) is 0 Å². The monoisotopic (exact) mass is 336 g/mol. The average molecular weight is 337 g/mol. The van der Waals surface area contributed by atoms with Crippen LogP contribution >= 0.6 is 15.9 Å². The Morgan fingerprint density at radius 1 is 1.35 bits per heavy atom. The Morgan fingerprint density at radius 3 is 2.80 bits per heavy atom. The summed E-state index contributed by atoms with van der Waals surface area (Å²) in [6, 6.07) is 4.43. The van der Waals surface area contributed by atoms with Crippen LogP contribution in [0.15, 0.2) is 35.2 Å². The Bertz CT molecular complexity index is 521. The molecule has 2 heterocycles. The molecule has 0 saturated carbocycles. The van der Waals surface area contributed by atoms with E-state index in [-0.39, 0.29) is 0 Å². The molecule has 2 aromatic rings. The van der Waals surface area contributed by atoms with Crippen molar-refractivity contribution >= 4 is 15.9 Å². The molecule has 0 aromatic carbocycles. The van der Waals surface area contributed by atoms with E-state index in [0.29, 0.717) is 6.04 Å². The SMILES string of the molecule is CCCNC(CCc1cnn(C)c1)c1ccc(Br)cn1. The molecule has 0 bridgehead atoms.